The highest BCUT2D eigenvalue weighted by Gasteiger charge is 2.65. The third kappa shape index (κ3) is 4.13. The summed E-state index contributed by atoms with van der Waals surface area (Å²) in [6.45, 7) is 4.75. The van der Waals surface area contributed by atoms with Crippen molar-refractivity contribution in [1.82, 2.24) is 4.90 Å². The van der Waals surface area contributed by atoms with E-state index in [1.165, 1.54) is 22.1 Å². The molecule has 1 aromatic heterocycles. The number of fused-ring (bicyclic) bond motifs is 2. The van der Waals surface area contributed by atoms with E-state index < -0.39 is 11.4 Å². The molecule has 1 aliphatic carbocycles. The molecule has 1 saturated heterocycles. The summed E-state index contributed by atoms with van der Waals surface area (Å²) >= 11 is 1.68. The van der Waals surface area contributed by atoms with E-state index in [0.29, 0.717) is 43.4 Å². The van der Waals surface area contributed by atoms with Gasteiger partial charge in [0.2, 0.25) is 0 Å². The second kappa shape index (κ2) is 8.50. The molecule has 3 aliphatic rings. The van der Waals surface area contributed by atoms with Crippen molar-refractivity contribution in [3.63, 3.8) is 0 Å². The average molecular weight is 492 g/mol. The van der Waals surface area contributed by atoms with Gasteiger partial charge < -0.3 is 14.6 Å². The lowest BCUT2D eigenvalue weighted by Gasteiger charge is -2.24. The average Bonchev–Trinajstić information content (AvgIpc) is 3.22. The van der Waals surface area contributed by atoms with Crippen LogP contribution in [-0.4, -0.2) is 42.2 Å². The van der Waals surface area contributed by atoms with Gasteiger partial charge in [-0.15, -0.1) is 11.3 Å². The first kappa shape index (κ1) is 22.3. The topological polar surface area (TPSA) is 59.0 Å². The first-order chi connectivity index (χ1) is 16.9. The highest BCUT2D eigenvalue weighted by Crippen LogP contribution is 2.58. The third-order valence-corrected chi connectivity index (χ3v) is 8.35. The highest BCUT2D eigenvalue weighted by molar-refractivity contribution is 7.12. The number of halogens is 1. The fraction of sp³-hybridized carbons (Fsp3) is 0.321. The number of aryl methyl sites for hydroxylation is 1. The SMILES string of the molecule is Cc1sc(COc2cc(F)c3c(c2)OCC(CN2C[C@H]4C[C@@]4(C(=O)O)C2)=C3)cc1-c1ccccc1. The van der Waals surface area contributed by atoms with Gasteiger partial charge in [-0.1, -0.05) is 30.3 Å². The first-order valence-corrected chi connectivity index (χ1v) is 12.6. The highest BCUT2D eigenvalue weighted by atomic mass is 32.1. The van der Waals surface area contributed by atoms with E-state index in [-0.39, 0.29) is 11.7 Å². The standard InChI is InChI=1S/C28H26FNO4S/c1-17-23(19-5-3-2-4-6-19)10-22(35-17)15-33-21-8-25(29)24-7-18(14-34-26(24)9-21)12-30-13-20-11-28(20,16-30)27(31)32/h2-10,20H,11-16H2,1H3,(H,31,32)/t20-,28-/m1/s1. The Morgan fingerprint density at radius 3 is 2.89 bits per heavy atom. The number of rotatable bonds is 7. The molecule has 0 radical (unpaired) electrons. The summed E-state index contributed by atoms with van der Waals surface area (Å²) in [5.41, 5.74) is 3.18. The number of likely N-dealkylation sites (tertiary alicyclic amines) is 1. The Balaban J connectivity index is 1.12. The molecule has 2 atom stereocenters. The molecular weight excluding hydrogens is 465 g/mol. The Bertz CT molecular complexity index is 1330. The summed E-state index contributed by atoms with van der Waals surface area (Å²) in [5.74, 6) is 0.0747. The Kier molecular flexibility index (Phi) is 5.42. The molecule has 0 bridgehead atoms. The van der Waals surface area contributed by atoms with Crippen LogP contribution < -0.4 is 9.47 Å². The number of ether oxygens (including phenoxy) is 2. The lowest BCUT2D eigenvalue weighted by molar-refractivity contribution is -0.143. The van der Waals surface area contributed by atoms with E-state index in [0.717, 1.165) is 23.4 Å². The molecule has 3 heterocycles. The maximum absolute atomic E-state index is 15.0. The first-order valence-electron chi connectivity index (χ1n) is 11.8. The second-order valence-electron chi connectivity index (χ2n) is 9.78. The minimum atomic E-state index is -0.697. The Morgan fingerprint density at radius 2 is 2.11 bits per heavy atom. The number of nitrogens with zero attached hydrogens (tertiary/aromatic N) is 1. The number of hydrogen-bond donors (Lipinski definition) is 1. The number of piperidine rings is 1. The van der Waals surface area contributed by atoms with Crippen molar-refractivity contribution < 1.29 is 23.8 Å². The quantitative estimate of drug-likeness (QED) is 0.465. The number of thiophene rings is 1. The van der Waals surface area contributed by atoms with Gasteiger partial charge in [-0.05, 0) is 48.1 Å². The lowest BCUT2D eigenvalue weighted by Crippen LogP contribution is -2.31. The summed E-state index contributed by atoms with van der Waals surface area (Å²) in [6.07, 6.45) is 2.61. The Labute approximate surface area is 207 Å². The van der Waals surface area contributed by atoms with Gasteiger partial charge >= 0.3 is 5.97 Å². The van der Waals surface area contributed by atoms with Gasteiger partial charge in [0.1, 0.15) is 30.5 Å². The third-order valence-electron chi connectivity index (χ3n) is 7.33. The van der Waals surface area contributed by atoms with Gasteiger partial charge in [0.15, 0.2) is 0 Å². The van der Waals surface area contributed by atoms with E-state index in [1.807, 2.05) is 24.3 Å². The van der Waals surface area contributed by atoms with Crippen molar-refractivity contribution in [2.45, 2.75) is 20.0 Å². The van der Waals surface area contributed by atoms with Crippen LogP contribution in [0.4, 0.5) is 4.39 Å². The van der Waals surface area contributed by atoms with Crippen LogP contribution in [0.5, 0.6) is 11.5 Å². The van der Waals surface area contributed by atoms with Crippen molar-refractivity contribution in [2.75, 3.05) is 26.2 Å². The summed E-state index contributed by atoms with van der Waals surface area (Å²) in [4.78, 5) is 16.0. The van der Waals surface area contributed by atoms with Crippen LogP contribution in [0, 0.1) is 24.1 Å². The summed E-state index contributed by atoms with van der Waals surface area (Å²) < 4.78 is 26.8. The van der Waals surface area contributed by atoms with Crippen molar-refractivity contribution in [2.24, 2.45) is 11.3 Å². The number of hydrogen-bond acceptors (Lipinski definition) is 5. The molecule has 7 heteroatoms. The zero-order valence-electron chi connectivity index (χ0n) is 19.4. The molecule has 1 N–H and O–H groups in total. The molecule has 2 fully saturated rings. The Hall–Kier alpha value is -3.16. The van der Waals surface area contributed by atoms with Gasteiger partial charge in [0.25, 0.3) is 0 Å². The fourth-order valence-corrected chi connectivity index (χ4v) is 6.39. The molecule has 2 aromatic carbocycles. The molecule has 2 aliphatic heterocycles. The molecule has 35 heavy (non-hydrogen) atoms. The predicted molar refractivity (Wildman–Crippen MR) is 133 cm³/mol. The number of carboxylic acid groups (broad SMARTS) is 1. The van der Waals surface area contributed by atoms with E-state index in [2.05, 4.69) is 30.0 Å². The minimum absolute atomic E-state index is 0.241. The Morgan fingerprint density at radius 1 is 1.29 bits per heavy atom. The normalized spacial score (nSPS) is 22.7. The number of benzene rings is 2. The molecule has 6 rings (SSSR count). The number of carboxylic acids is 1. The van der Waals surface area contributed by atoms with Crippen LogP contribution in [0.1, 0.15) is 21.7 Å². The zero-order chi connectivity index (χ0) is 24.2. The molecule has 0 unspecified atom stereocenters. The van der Waals surface area contributed by atoms with Gasteiger partial charge in [0, 0.05) is 41.5 Å². The van der Waals surface area contributed by atoms with Crippen LogP contribution in [0.25, 0.3) is 17.2 Å². The summed E-state index contributed by atoms with van der Waals surface area (Å²) in [5, 5.41) is 9.49. The van der Waals surface area contributed by atoms with E-state index in [4.69, 9.17) is 9.47 Å². The van der Waals surface area contributed by atoms with E-state index in [1.54, 1.807) is 17.4 Å². The van der Waals surface area contributed by atoms with Gasteiger partial charge in [-0.25, -0.2) is 4.39 Å². The van der Waals surface area contributed by atoms with Crippen molar-refractivity contribution >= 4 is 23.4 Å². The number of carbonyl (C=O) groups is 1. The maximum Gasteiger partial charge on any atom is 0.311 e. The second-order valence-corrected chi connectivity index (χ2v) is 11.1. The van der Waals surface area contributed by atoms with Crippen LogP contribution >= 0.6 is 11.3 Å². The maximum atomic E-state index is 15.0. The zero-order valence-corrected chi connectivity index (χ0v) is 20.2. The van der Waals surface area contributed by atoms with Gasteiger partial charge in [0.05, 0.1) is 11.0 Å². The molecule has 0 amide bonds. The van der Waals surface area contributed by atoms with Crippen LogP contribution in [0.15, 0.2) is 54.1 Å². The van der Waals surface area contributed by atoms with Crippen molar-refractivity contribution in [1.29, 1.82) is 0 Å². The summed E-state index contributed by atoms with van der Waals surface area (Å²) in [6, 6.07) is 15.5. The van der Waals surface area contributed by atoms with E-state index >= 15 is 0 Å². The smallest absolute Gasteiger partial charge is 0.311 e. The van der Waals surface area contributed by atoms with Crippen molar-refractivity contribution in [3.05, 3.63) is 75.2 Å². The minimum Gasteiger partial charge on any atom is -0.488 e. The predicted octanol–water partition coefficient (Wildman–Crippen LogP) is 5.62. The van der Waals surface area contributed by atoms with Gasteiger partial charge in [-0.3, -0.25) is 9.69 Å². The van der Waals surface area contributed by atoms with Crippen molar-refractivity contribution in [3.8, 4) is 22.6 Å². The van der Waals surface area contributed by atoms with Crippen LogP contribution in [0.2, 0.25) is 0 Å². The molecule has 5 nitrogen and oxygen atoms in total. The van der Waals surface area contributed by atoms with Crippen LogP contribution in [0.3, 0.4) is 0 Å². The molecule has 3 aromatic rings. The molecule has 1 saturated carbocycles. The molecule has 0 spiro atoms. The molecule has 180 valence electrons. The lowest BCUT2D eigenvalue weighted by atomic mass is 10.1. The fourth-order valence-electron chi connectivity index (χ4n) is 5.42. The number of aliphatic carboxylic acids is 1. The largest absolute Gasteiger partial charge is 0.488 e. The molecular formula is C28H26FNO4S. The van der Waals surface area contributed by atoms with Crippen LogP contribution in [-0.2, 0) is 11.4 Å². The van der Waals surface area contributed by atoms with Gasteiger partial charge in [-0.2, -0.15) is 0 Å². The van der Waals surface area contributed by atoms with E-state index in [9.17, 15) is 14.3 Å². The monoisotopic (exact) mass is 491 g/mol. The summed E-state index contributed by atoms with van der Waals surface area (Å²) in [7, 11) is 0.